The van der Waals surface area contributed by atoms with E-state index in [2.05, 4.69) is 24.5 Å². The molecule has 0 aliphatic heterocycles. The largest absolute Gasteiger partial charge is 0.428 e. The maximum Gasteiger partial charge on any atom is 0.155 e. The van der Waals surface area contributed by atoms with Crippen LogP contribution in [-0.2, 0) is 0 Å². The second-order valence-corrected chi connectivity index (χ2v) is 3.47. The summed E-state index contributed by atoms with van der Waals surface area (Å²) in [6.45, 7) is 3.45. The highest BCUT2D eigenvalue weighted by molar-refractivity contribution is 7.75. The van der Waals surface area contributed by atoms with Crippen molar-refractivity contribution < 1.29 is 4.18 Å². The Hall–Kier alpha value is -2.39. The van der Waals surface area contributed by atoms with Crippen LogP contribution in [-0.4, -0.2) is 6.21 Å². The lowest BCUT2D eigenvalue weighted by molar-refractivity contribution is 0.656. The predicted molar refractivity (Wildman–Crippen MR) is 74.8 cm³/mol. The van der Waals surface area contributed by atoms with Crippen LogP contribution in [0.5, 0.6) is 5.75 Å². The van der Waals surface area contributed by atoms with Crippen LogP contribution in [0, 0.1) is 11.3 Å². The SMILES string of the molecule is C=C(N)/N=C\C(=C/N)c1ccc(C#N)c(OS)c1. The van der Waals surface area contributed by atoms with Gasteiger partial charge in [-0.05, 0) is 17.7 Å². The topological polar surface area (TPSA) is 97.4 Å². The highest BCUT2D eigenvalue weighted by Gasteiger charge is 2.06. The molecule has 0 saturated carbocycles. The third kappa shape index (κ3) is 3.30. The van der Waals surface area contributed by atoms with Crippen molar-refractivity contribution in [2.45, 2.75) is 0 Å². The summed E-state index contributed by atoms with van der Waals surface area (Å²) in [5.41, 5.74) is 12.6. The van der Waals surface area contributed by atoms with E-state index in [0.717, 1.165) is 5.56 Å². The number of aliphatic imine (C=N–C) groups is 1. The Bertz CT molecular complexity index is 558. The van der Waals surface area contributed by atoms with E-state index in [1.54, 1.807) is 18.2 Å². The fourth-order valence-corrected chi connectivity index (χ4v) is 1.39. The van der Waals surface area contributed by atoms with Gasteiger partial charge in [-0.2, -0.15) is 5.26 Å². The van der Waals surface area contributed by atoms with Gasteiger partial charge in [0.25, 0.3) is 0 Å². The molecule has 92 valence electrons. The molecule has 6 heteroatoms. The zero-order valence-electron chi connectivity index (χ0n) is 9.50. The van der Waals surface area contributed by atoms with Crippen LogP contribution < -0.4 is 15.7 Å². The minimum atomic E-state index is 0.175. The second-order valence-electron chi connectivity index (χ2n) is 3.29. The molecule has 0 aliphatic carbocycles. The van der Waals surface area contributed by atoms with E-state index in [1.807, 2.05) is 6.07 Å². The third-order valence-corrected chi connectivity index (χ3v) is 2.28. The molecular formula is C12H12N4OS. The third-order valence-electron chi connectivity index (χ3n) is 2.08. The molecule has 0 unspecified atom stereocenters. The van der Waals surface area contributed by atoms with Crippen molar-refractivity contribution in [2.24, 2.45) is 16.5 Å². The first-order chi connectivity index (χ1) is 8.62. The monoisotopic (exact) mass is 260 g/mol. The molecular weight excluding hydrogens is 248 g/mol. The minimum absolute atomic E-state index is 0.175. The van der Waals surface area contributed by atoms with Crippen molar-refractivity contribution in [3.63, 3.8) is 0 Å². The quantitative estimate of drug-likeness (QED) is 0.435. The Morgan fingerprint density at radius 2 is 2.28 bits per heavy atom. The normalized spacial score (nSPS) is 11.2. The van der Waals surface area contributed by atoms with Crippen LogP contribution in [0.1, 0.15) is 11.1 Å². The summed E-state index contributed by atoms with van der Waals surface area (Å²) in [6, 6.07) is 6.95. The van der Waals surface area contributed by atoms with E-state index in [1.165, 1.54) is 12.4 Å². The Kier molecular flexibility index (Phi) is 4.84. The highest BCUT2D eigenvalue weighted by atomic mass is 32.1. The van der Waals surface area contributed by atoms with Crippen molar-refractivity contribution in [3.8, 4) is 11.8 Å². The first-order valence-corrected chi connectivity index (χ1v) is 5.25. The number of hydrogen-bond donors (Lipinski definition) is 3. The smallest absolute Gasteiger partial charge is 0.155 e. The zero-order valence-corrected chi connectivity index (χ0v) is 10.4. The first kappa shape index (κ1) is 13.7. The Balaban J connectivity index is 3.17. The first-order valence-electron chi connectivity index (χ1n) is 4.88. The molecule has 0 amide bonds. The molecule has 0 radical (unpaired) electrons. The van der Waals surface area contributed by atoms with E-state index in [4.69, 9.17) is 20.9 Å². The van der Waals surface area contributed by atoms with Crippen molar-refractivity contribution in [1.29, 1.82) is 5.26 Å². The highest BCUT2D eigenvalue weighted by Crippen LogP contribution is 2.24. The molecule has 0 spiro atoms. The molecule has 5 nitrogen and oxygen atoms in total. The average molecular weight is 260 g/mol. The Labute approximate surface area is 111 Å². The zero-order chi connectivity index (χ0) is 13.5. The van der Waals surface area contributed by atoms with Gasteiger partial charge >= 0.3 is 0 Å². The number of rotatable bonds is 4. The van der Waals surface area contributed by atoms with Gasteiger partial charge in [0.05, 0.1) is 5.56 Å². The number of nitriles is 1. The second kappa shape index (κ2) is 6.37. The van der Waals surface area contributed by atoms with Gasteiger partial charge in [0.15, 0.2) is 5.75 Å². The van der Waals surface area contributed by atoms with Gasteiger partial charge in [-0.3, -0.25) is 0 Å². The summed E-state index contributed by atoms with van der Waals surface area (Å²) >= 11 is 3.69. The van der Waals surface area contributed by atoms with Crippen molar-refractivity contribution >= 4 is 24.7 Å². The van der Waals surface area contributed by atoms with Gasteiger partial charge in [0.2, 0.25) is 0 Å². The van der Waals surface area contributed by atoms with Gasteiger partial charge in [-0.25, -0.2) is 4.99 Å². The van der Waals surface area contributed by atoms with Crippen LogP contribution in [0.3, 0.4) is 0 Å². The van der Waals surface area contributed by atoms with Gasteiger partial charge in [-0.15, -0.1) is 0 Å². The molecule has 1 aromatic carbocycles. The number of benzene rings is 1. The van der Waals surface area contributed by atoms with Gasteiger partial charge in [-0.1, -0.05) is 12.6 Å². The molecule has 4 N–H and O–H groups in total. The maximum atomic E-state index is 8.85. The lowest BCUT2D eigenvalue weighted by atomic mass is 10.1. The van der Waals surface area contributed by atoms with E-state index in [9.17, 15) is 0 Å². The van der Waals surface area contributed by atoms with Gasteiger partial charge in [0.1, 0.15) is 11.9 Å². The number of hydrogen-bond acceptors (Lipinski definition) is 6. The minimum Gasteiger partial charge on any atom is -0.428 e. The van der Waals surface area contributed by atoms with E-state index >= 15 is 0 Å². The lowest BCUT2D eigenvalue weighted by Crippen LogP contribution is -1.96. The lowest BCUT2D eigenvalue weighted by Gasteiger charge is -2.05. The van der Waals surface area contributed by atoms with Gasteiger partial charge in [0, 0.05) is 30.9 Å². The molecule has 0 fully saturated rings. The molecule has 0 bridgehead atoms. The molecule has 18 heavy (non-hydrogen) atoms. The van der Waals surface area contributed by atoms with Gasteiger partial charge < -0.3 is 15.7 Å². The number of nitrogens with zero attached hydrogens (tertiary/aromatic N) is 2. The molecule has 0 heterocycles. The fourth-order valence-electron chi connectivity index (χ4n) is 1.24. The standard InChI is InChI=1S/C12H12N4OS/c1-8(15)16-7-11(6-14)9-2-3-10(5-13)12(4-9)17-18/h2-4,6-7,18H,1,14-15H2/b11-6+,16-7-. The number of nitrogens with two attached hydrogens (primary N) is 2. The summed E-state index contributed by atoms with van der Waals surface area (Å²) in [7, 11) is 0. The molecule has 1 aromatic rings. The van der Waals surface area contributed by atoms with Crippen LogP contribution in [0.15, 0.2) is 41.8 Å². The van der Waals surface area contributed by atoms with E-state index in [-0.39, 0.29) is 5.82 Å². The van der Waals surface area contributed by atoms with Crippen LogP contribution in [0.2, 0.25) is 0 Å². The fraction of sp³-hybridized carbons (Fsp3) is 0. The molecule has 0 aromatic heterocycles. The van der Waals surface area contributed by atoms with E-state index < -0.39 is 0 Å². The maximum absolute atomic E-state index is 8.85. The molecule has 0 saturated heterocycles. The van der Waals surface area contributed by atoms with Crippen molar-refractivity contribution in [1.82, 2.24) is 0 Å². The van der Waals surface area contributed by atoms with Crippen LogP contribution >= 0.6 is 12.9 Å². The summed E-state index contributed by atoms with van der Waals surface area (Å²) in [5.74, 6) is 0.520. The van der Waals surface area contributed by atoms with Crippen molar-refractivity contribution in [2.75, 3.05) is 0 Å². The summed E-state index contributed by atoms with van der Waals surface area (Å²) in [5, 5.41) is 8.85. The molecule has 0 atom stereocenters. The Morgan fingerprint density at radius 3 is 2.78 bits per heavy atom. The average Bonchev–Trinajstić information content (AvgIpc) is 2.38. The summed E-state index contributed by atoms with van der Waals surface area (Å²) in [4.78, 5) is 3.86. The summed E-state index contributed by atoms with van der Waals surface area (Å²) in [6.07, 6.45) is 2.85. The van der Waals surface area contributed by atoms with E-state index in [0.29, 0.717) is 16.9 Å². The van der Waals surface area contributed by atoms with Crippen LogP contribution in [0.4, 0.5) is 0 Å². The van der Waals surface area contributed by atoms with Crippen LogP contribution in [0.25, 0.3) is 5.57 Å². The predicted octanol–water partition coefficient (Wildman–Crippen LogP) is 1.58. The number of thiol groups is 1. The molecule has 1 rings (SSSR count). The van der Waals surface area contributed by atoms with Crippen molar-refractivity contribution in [3.05, 3.63) is 47.9 Å². The Morgan fingerprint density at radius 1 is 1.56 bits per heavy atom. The molecule has 0 aliphatic rings. The number of allylic oxidation sites excluding steroid dienone is 1. The summed E-state index contributed by atoms with van der Waals surface area (Å²) < 4.78 is 4.81.